The van der Waals surface area contributed by atoms with Crippen LogP contribution in [0.3, 0.4) is 0 Å². The summed E-state index contributed by atoms with van der Waals surface area (Å²) in [6, 6.07) is 22.1. The number of fused-ring (bicyclic) bond motifs is 1. The quantitative estimate of drug-likeness (QED) is 0.426. The number of carbonyl (C=O) groups excluding carboxylic acids is 2. The highest BCUT2D eigenvalue weighted by atomic mass is 35.5. The van der Waals surface area contributed by atoms with Crippen molar-refractivity contribution >= 4 is 34.5 Å². The third kappa shape index (κ3) is 4.07. The number of rotatable bonds is 3. The van der Waals surface area contributed by atoms with E-state index >= 15 is 0 Å². The fourth-order valence-corrected chi connectivity index (χ4v) is 5.03. The minimum absolute atomic E-state index is 0.0404. The second kappa shape index (κ2) is 8.20. The van der Waals surface area contributed by atoms with E-state index in [0.29, 0.717) is 22.6 Å². The second-order valence-electron chi connectivity index (χ2n) is 9.51. The molecule has 2 N–H and O–H groups in total. The van der Waals surface area contributed by atoms with Crippen LogP contribution in [0.15, 0.2) is 84.1 Å². The summed E-state index contributed by atoms with van der Waals surface area (Å²) in [5, 5.41) is 7.67. The molecule has 3 aromatic rings. The van der Waals surface area contributed by atoms with Crippen LogP contribution in [-0.2, 0) is 4.79 Å². The van der Waals surface area contributed by atoms with Gasteiger partial charge in [-0.2, -0.15) is 0 Å². The number of ketones is 2. The van der Waals surface area contributed by atoms with Crippen molar-refractivity contribution in [1.29, 1.82) is 0 Å². The zero-order chi connectivity index (χ0) is 23.2. The topological polar surface area (TPSA) is 58.2 Å². The first kappa shape index (κ1) is 21.5. The van der Waals surface area contributed by atoms with Crippen LogP contribution < -0.4 is 10.6 Å². The molecule has 2 aliphatic rings. The first-order valence-electron chi connectivity index (χ1n) is 11.1. The molecule has 1 aliphatic carbocycles. The van der Waals surface area contributed by atoms with E-state index < -0.39 is 0 Å². The normalized spacial score (nSPS) is 19.0. The number of carbonyl (C=O) groups is 2. The molecule has 5 rings (SSSR count). The molecule has 0 spiro atoms. The maximum Gasteiger partial charge on any atom is 0.193 e. The van der Waals surface area contributed by atoms with Crippen LogP contribution >= 0.6 is 11.6 Å². The molecule has 1 atom stereocenters. The van der Waals surface area contributed by atoms with E-state index in [4.69, 9.17) is 11.6 Å². The molecular weight excluding hydrogens is 432 g/mol. The molecule has 0 aromatic heterocycles. The van der Waals surface area contributed by atoms with E-state index in [-0.39, 0.29) is 23.0 Å². The lowest BCUT2D eigenvalue weighted by molar-refractivity contribution is -0.118. The van der Waals surface area contributed by atoms with Gasteiger partial charge in [-0.15, -0.1) is 0 Å². The van der Waals surface area contributed by atoms with Crippen LogP contribution in [0.25, 0.3) is 0 Å². The summed E-state index contributed by atoms with van der Waals surface area (Å²) in [6.45, 7) is 4.21. The largest absolute Gasteiger partial charge is 0.372 e. The Morgan fingerprint density at radius 1 is 0.909 bits per heavy atom. The standard InChI is InChI=1S/C28H25ClN2O2/c1-28(2)15-23-25(24(32)16-28)26(19-10-6-7-11-20(19)29)31-21-13-12-18(14-22(21)30-23)27(33)17-8-4-3-5-9-17/h3-14,26,30-31H,15-16H2,1-2H3/t26-/m0/s1. The molecule has 166 valence electrons. The van der Waals surface area contributed by atoms with Gasteiger partial charge in [0.1, 0.15) is 0 Å². The van der Waals surface area contributed by atoms with Gasteiger partial charge in [-0.25, -0.2) is 0 Å². The monoisotopic (exact) mass is 456 g/mol. The van der Waals surface area contributed by atoms with Gasteiger partial charge in [-0.05, 0) is 41.7 Å². The Morgan fingerprint density at radius 2 is 1.64 bits per heavy atom. The van der Waals surface area contributed by atoms with E-state index in [9.17, 15) is 9.59 Å². The smallest absolute Gasteiger partial charge is 0.193 e. The van der Waals surface area contributed by atoms with Gasteiger partial charge in [-0.1, -0.05) is 74.0 Å². The van der Waals surface area contributed by atoms with Gasteiger partial charge in [0.2, 0.25) is 0 Å². The lowest BCUT2D eigenvalue weighted by Crippen LogP contribution is -2.31. The summed E-state index contributed by atoms with van der Waals surface area (Å²) in [5.41, 5.74) is 5.14. The second-order valence-corrected chi connectivity index (χ2v) is 9.92. The molecule has 0 bridgehead atoms. The van der Waals surface area contributed by atoms with Gasteiger partial charge >= 0.3 is 0 Å². The summed E-state index contributed by atoms with van der Waals surface area (Å²) in [5.74, 6) is 0.0703. The Kier molecular flexibility index (Phi) is 5.34. The van der Waals surface area contributed by atoms with Crippen molar-refractivity contribution in [3.63, 3.8) is 0 Å². The zero-order valence-corrected chi connectivity index (χ0v) is 19.4. The van der Waals surface area contributed by atoms with Crippen molar-refractivity contribution in [2.75, 3.05) is 10.6 Å². The zero-order valence-electron chi connectivity index (χ0n) is 18.6. The maximum atomic E-state index is 13.4. The van der Waals surface area contributed by atoms with E-state index in [1.165, 1.54) is 0 Å². The summed E-state index contributed by atoms with van der Waals surface area (Å²) >= 11 is 6.57. The number of halogens is 1. The molecule has 1 heterocycles. The molecule has 4 nitrogen and oxygen atoms in total. The predicted octanol–water partition coefficient (Wildman–Crippen LogP) is 6.79. The molecule has 5 heteroatoms. The fourth-order valence-electron chi connectivity index (χ4n) is 4.78. The summed E-state index contributed by atoms with van der Waals surface area (Å²) in [7, 11) is 0. The first-order chi connectivity index (χ1) is 15.8. The number of benzene rings is 3. The van der Waals surface area contributed by atoms with Gasteiger partial charge in [0.25, 0.3) is 0 Å². The highest BCUT2D eigenvalue weighted by Crippen LogP contribution is 2.46. The molecule has 3 aromatic carbocycles. The van der Waals surface area contributed by atoms with Gasteiger partial charge < -0.3 is 10.6 Å². The van der Waals surface area contributed by atoms with Crippen molar-refractivity contribution in [3.05, 3.63) is 106 Å². The van der Waals surface area contributed by atoms with Crippen molar-refractivity contribution in [2.24, 2.45) is 5.41 Å². The maximum absolute atomic E-state index is 13.4. The van der Waals surface area contributed by atoms with Gasteiger partial charge in [0.05, 0.1) is 17.4 Å². The molecule has 0 saturated heterocycles. The van der Waals surface area contributed by atoms with Crippen molar-refractivity contribution in [1.82, 2.24) is 0 Å². The molecule has 33 heavy (non-hydrogen) atoms. The number of Topliss-reactive ketones (excluding diaryl/α,β-unsaturated/α-hetero) is 1. The summed E-state index contributed by atoms with van der Waals surface area (Å²) in [4.78, 5) is 26.4. The van der Waals surface area contributed by atoms with Crippen LogP contribution in [0.5, 0.6) is 0 Å². The van der Waals surface area contributed by atoms with E-state index in [2.05, 4.69) is 24.5 Å². The first-order valence-corrected chi connectivity index (χ1v) is 11.5. The third-order valence-electron chi connectivity index (χ3n) is 6.33. The molecule has 0 amide bonds. The number of allylic oxidation sites excluding steroid dienone is 1. The van der Waals surface area contributed by atoms with Gasteiger partial charge in [0.15, 0.2) is 11.6 Å². The molecule has 0 radical (unpaired) electrons. The Labute approximate surface area is 198 Å². The minimum Gasteiger partial charge on any atom is -0.372 e. The molecule has 0 fully saturated rings. The number of hydrogen-bond acceptors (Lipinski definition) is 4. The Hall–Kier alpha value is -3.37. The number of nitrogens with one attached hydrogen (secondary N) is 2. The van der Waals surface area contributed by atoms with Crippen molar-refractivity contribution in [3.8, 4) is 0 Å². The Balaban J connectivity index is 1.63. The molecule has 1 aliphatic heterocycles. The van der Waals surface area contributed by atoms with Crippen LogP contribution in [0.2, 0.25) is 5.02 Å². The number of anilines is 2. The Morgan fingerprint density at radius 3 is 2.39 bits per heavy atom. The average molecular weight is 457 g/mol. The lowest BCUT2D eigenvalue weighted by Gasteiger charge is -2.34. The summed E-state index contributed by atoms with van der Waals surface area (Å²) in [6.07, 6.45) is 1.21. The lowest BCUT2D eigenvalue weighted by atomic mass is 9.73. The van der Waals surface area contributed by atoms with E-state index in [1.807, 2.05) is 72.8 Å². The fraction of sp³-hybridized carbons (Fsp3) is 0.214. The predicted molar refractivity (Wildman–Crippen MR) is 133 cm³/mol. The van der Waals surface area contributed by atoms with Crippen LogP contribution in [0, 0.1) is 5.41 Å². The molecule has 0 saturated carbocycles. The van der Waals surface area contributed by atoms with Crippen LogP contribution in [0.1, 0.15) is 54.2 Å². The molecule has 0 unspecified atom stereocenters. The number of hydrogen-bond donors (Lipinski definition) is 2. The highest BCUT2D eigenvalue weighted by molar-refractivity contribution is 6.31. The van der Waals surface area contributed by atoms with Gasteiger partial charge in [-0.3, -0.25) is 9.59 Å². The van der Waals surface area contributed by atoms with E-state index in [1.54, 1.807) is 0 Å². The highest BCUT2D eigenvalue weighted by Gasteiger charge is 2.39. The van der Waals surface area contributed by atoms with Gasteiger partial charge in [0, 0.05) is 33.8 Å². The SMILES string of the molecule is CC1(C)CC(=O)C2=C(C1)Nc1cc(C(=O)c3ccccc3)ccc1N[C@H]2c1ccccc1Cl. The summed E-state index contributed by atoms with van der Waals surface area (Å²) < 4.78 is 0. The van der Waals surface area contributed by atoms with E-state index in [0.717, 1.165) is 34.6 Å². The molecular formula is C28H25ClN2O2. The minimum atomic E-state index is -0.373. The average Bonchev–Trinajstić information content (AvgIpc) is 2.94. The van der Waals surface area contributed by atoms with Crippen LogP contribution in [0.4, 0.5) is 11.4 Å². The van der Waals surface area contributed by atoms with Crippen molar-refractivity contribution in [2.45, 2.75) is 32.7 Å². The van der Waals surface area contributed by atoms with Crippen LogP contribution in [-0.4, -0.2) is 11.6 Å². The Bertz CT molecular complexity index is 1290. The van der Waals surface area contributed by atoms with Crippen molar-refractivity contribution < 1.29 is 9.59 Å². The third-order valence-corrected chi connectivity index (χ3v) is 6.67.